The molecule has 0 aliphatic rings. The summed E-state index contributed by atoms with van der Waals surface area (Å²) in [6.45, 7) is 6.19. The van der Waals surface area contributed by atoms with Gasteiger partial charge in [0.2, 0.25) is 5.91 Å². The molecule has 0 aliphatic heterocycles. The zero-order valence-electron chi connectivity index (χ0n) is 8.31. The predicted octanol–water partition coefficient (Wildman–Crippen LogP) is 1.03. The van der Waals surface area contributed by atoms with E-state index in [4.69, 9.17) is 5.73 Å². The van der Waals surface area contributed by atoms with Crippen molar-refractivity contribution in [2.45, 2.75) is 45.6 Å². The Morgan fingerprint density at radius 3 is 2.58 bits per heavy atom. The van der Waals surface area contributed by atoms with Crippen LogP contribution in [0.4, 0.5) is 0 Å². The van der Waals surface area contributed by atoms with Crippen molar-refractivity contribution >= 4 is 5.91 Å². The molecule has 0 fully saturated rings. The molecule has 0 heterocycles. The second-order valence-electron chi connectivity index (χ2n) is 3.67. The van der Waals surface area contributed by atoms with Gasteiger partial charge in [-0.05, 0) is 13.3 Å². The van der Waals surface area contributed by atoms with Gasteiger partial charge < -0.3 is 11.1 Å². The smallest absolute Gasteiger partial charge is 0.216 e. The third-order valence-corrected chi connectivity index (χ3v) is 1.84. The van der Waals surface area contributed by atoms with E-state index in [0.29, 0.717) is 6.54 Å². The van der Waals surface area contributed by atoms with E-state index in [1.807, 2.05) is 6.92 Å². The van der Waals surface area contributed by atoms with Crippen LogP contribution in [0.3, 0.4) is 0 Å². The van der Waals surface area contributed by atoms with Gasteiger partial charge in [-0.15, -0.1) is 0 Å². The minimum atomic E-state index is -0.248. The summed E-state index contributed by atoms with van der Waals surface area (Å²) in [5.74, 6) is -0.0110. The normalized spacial score (nSPS) is 15.3. The maximum Gasteiger partial charge on any atom is 0.216 e. The van der Waals surface area contributed by atoms with Crippen molar-refractivity contribution in [1.82, 2.24) is 5.32 Å². The van der Waals surface area contributed by atoms with Gasteiger partial charge in [0, 0.05) is 19.0 Å². The molecule has 0 aromatic rings. The van der Waals surface area contributed by atoms with E-state index in [1.54, 1.807) is 0 Å². The monoisotopic (exact) mass is 172 g/mol. The fraction of sp³-hybridized carbons (Fsp3) is 0.889. The number of nitrogens with one attached hydrogen (secondary N) is 1. The molecule has 0 aromatic heterocycles. The zero-order chi connectivity index (χ0) is 9.61. The number of carbonyl (C=O) groups excluding carboxylic acids is 1. The zero-order valence-corrected chi connectivity index (χ0v) is 8.31. The van der Waals surface area contributed by atoms with Crippen LogP contribution in [-0.2, 0) is 4.79 Å². The molecular formula is C9H20N2O. The molecule has 3 N–H and O–H groups in total. The first-order valence-corrected chi connectivity index (χ1v) is 4.51. The van der Waals surface area contributed by atoms with Crippen molar-refractivity contribution in [2.24, 2.45) is 5.73 Å². The molecule has 1 amide bonds. The molecule has 0 rings (SSSR count). The molecule has 0 aliphatic carbocycles. The third-order valence-electron chi connectivity index (χ3n) is 1.84. The van der Waals surface area contributed by atoms with Gasteiger partial charge in [0.05, 0.1) is 0 Å². The van der Waals surface area contributed by atoms with Crippen molar-refractivity contribution in [3.05, 3.63) is 0 Å². The minimum absolute atomic E-state index is 0.0110. The largest absolute Gasteiger partial charge is 0.355 e. The molecule has 0 saturated carbocycles. The Hall–Kier alpha value is -0.570. The van der Waals surface area contributed by atoms with Crippen molar-refractivity contribution in [3.8, 4) is 0 Å². The Labute approximate surface area is 74.7 Å². The van der Waals surface area contributed by atoms with Crippen molar-refractivity contribution in [2.75, 3.05) is 6.54 Å². The van der Waals surface area contributed by atoms with E-state index in [2.05, 4.69) is 12.2 Å². The molecule has 1 unspecified atom stereocenters. The minimum Gasteiger partial charge on any atom is -0.355 e. The number of hydrogen-bond donors (Lipinski definition) is 2. The molecular weight excluding hydrogens is 152 g/mol. The Bertz CT molecular complexity index is 143. The highest BCUT2D eigenvalue weighted by Gasteiger charge is 2.17. The summed E-state index contributed by atoms with van der Waals surface area (Å²) in [4.78, 5) is 10.6. The van der Waals surface area contributed by atoms with Crippen LogP contribution in [0.2, 0.25) is 0 Å². The highest BCUT2D eigenvalue weighted by atomic mass is 16.1. The van der Waals surface area contributed by atoms with Crippen molar-refractivity contribution in [1.29, 1.82) is 0 Å². The molecule has 1 atom stereocenters. The summed E-state index contributed by atoms with van der Waals surface area (Å²) in [5.41, 5.74) is 5.69. The predicted molar refractivity (Wildman–Crippen MR) is 50.8 cm³/mol. The highest BCUT2D eigenvalue weighted by Crippen LogP contribution is 2.08. The van der Waals surface area contributed by atoms with Crippen LogP contribution in [0.1, 0.15) is 40.0 Å². The first kappa shape index (κ1) is 11.4. The Balaban J connectivity index is 3.63. The lowest BCUT2D eigenvalue weighted by atomic mass is 9.96. The number of hydrogen-bond acceptors (Lipinski definition) is 2. The Morgan fingerprint density at radius 2 is 2.17 bits per heavy atom. The molecule has 3 nitrogen and oxygen atoms in total. The molecule has 0 aromatic carbocycles. The first-order valence-electron chi connectivity index (χ1n) is 4.51. The lowest BCUT2D eigenvalue weighted by Crippen LogP contribution is -2.47. The molecule has 12 heavy (non-hydrogen) atoms. The van der Waals surface area contributed by atoms with Gasteiger partial charge in [-0.25, -0.2) is 0 Å². The van der Waals surface area contributed by atoms with E-state index < -0.39 is 0 Å². The van der Waals surface area contributed by atoms with E-state index in [0.717, 1.165) is 19.3 Å². The number of unbranched alkanes of at least 4 members (excludes halogenated alkanes) is 1. The van der Waals surface area contributed by atoms with Crippen LogP contribution in [-0.4, -0.2) is 18.0 Å². The fourth-order valence-corrected chi connectivity index (χ4v) is 0.995. The molecule has 0 saturated heterocycles. The SMILES string of the molecule is CCCCC(C)(N)CNC(C)=O. The number of carbonyl (C=O) groups is 1. The molecule has 0 bridgehead atoms. The number of amides is 1. The van der Waals surface area contributed by atoms with Crippen LogP contribution >= 0.6 is 0 Å². The molecule has 0 radical (unpaired) electrons. The lowest BCUT2D eigenvalue weighted by molar-refractivity contribution is -0.119. The summed E-state index contributed by atoms with van der Waals surface area (Å²) in [6.07, 6.45) is 3.23. The third kappa shape index (κ3) is 6.16. The summed E-state index contributed by atoms with van der Waals surface area (Å²) in [6, 6.07) is 0. The average molecular weight is 172 g/mol. The fourth-order valence-electron chi connectivity index (χ4n) is 0.995. The van der Waals surface area contributed by atoms with Gasteiger partial charge in [-0.2, -0.15) is 0 Å². The van der Waals surface area contributed by atoms with Crippen LogP contribution < -0.4 is 11.1 Å². The average Bonchev–Trinajstić information content (AvgIpc) is 1.98. The van der Waals surface area contributed by atoms with Crippen LogP contribution in [0.15, 0.2) is 0 Å². The number of rotatable bonds is 5. The summed E-state index contributed by atoms with van der Waals surface area (Å²) >= 11 is 0. The molecule has 3 heteroatoms. The number of nitrogens with two attached hydrogens (primary N) is 1. The highest BCUT2D eigenvalue weighted by molar-refractivity contribution is 5.72. The molecule has 72 valence electrons. The van der Waals surface area contributed by atoms with Gasteiger partial charge in [-0.1, -0.05) is 19.8 Å². The summed E-state index contributed by atoms with van der Waals surface area (Å²) in [5, 5.41) is 2.73. The standard InChI is InChI=1S/C9H20N2O/c1-4-5-6-9(3,10)7-11-8(2)12/h4-7,10H2,1-3H3,(H,11,12). The quantitative estimate of drug-likeness (QED) is 0.650. The van der Waals surface area contributed by atoms with Gasteiger partial charge in [0.1, 0.15) is 0 Å². The Morgan fingerprint density at radius 1 is 1.58 bits per heavy atom. The van der Waals surface area contributed by atoms with Crippen molar-refractivity contribution < 1.29 is 4.79 Å². The first-order chi connectivity index (χ1) is 5.48. The summed E-state index contributed by atoms with van der Waals surface area (Å²) < 4.78 is 0. The topological polar surface area (TPSA) is 55.1 Å². The maximum absolute atomic E-state index is 10.6. The van der Waals surface area contributed by atoms with Gasteiger partial charge in [-0.3, -0.25) is 4.79 Å². The second-order valence-corrected chi connectivity index (χ2v) is 3.67. The van der Waals surface area contributed by atoms with Crippen LogP contribution in [0, 0.1) is 0 Å². The lowest BCUT2D eigenvalue weighted by Gasteiger charge is -2.24. The van der Waals surface area contributed by atoms with E-state index >= 15 is 0 Å². The van der Waals surface area contributed by atoms with Crippen LogP contribution in [0.5, 0.6) is 0 Å². The molecule has 0 spiro atoms. The van der Waals surface area contributed by atoms with Crippen LogP contribution in [0.25, 0.3) is 0 Å². The summed E-state index contributed by atoms with van der Waals surface area (Å²) in [7, 11) is 0. The van der Waals surface area contributed by atoms with Gasteiger partial charge >= 0.3 is 0 Å². The Kier molecular flexibility index (Phi) is 4.90. The second kappa shape index (κ2) is 5.14. The van der Waals surface area contributed by atoms with E-state index in [-0.39, 0.29) is 11.4 Å². The van der Waals surface area contributed by atoms with Gasteiger partial charge in [0.25, 0.3) is 0 Å². The van der Waals surface area contributed by atoms with E-state index in [9.17, 15) is 4.79 Å². The van der Waals surface area contributed by atoms with Gasteiger partial charge in [0.15, 0.2) is 0 Å². The van der Waals surface area contributed by atoms with Crippen molar-refractivity contribution in [3.63, 3.8) is 0 Å². The maximum atomic E-state index is 10.6. The van der Waals surface area contributed by atoms with E-state index in [1.165, 1.54) is 6.92 Å².